The zero-order valence-electron chi connectivity index (χ0n) is 9.79. The Balaban J connectivity index is 0.00000128. The molecule has 0 aromatic heterocycles. The Morgan fingerprint density at radius 3 is 2.44 bits per heavy atom. The van der Waals surface area contributed by atoms with Crippen molar-refractivity contribution < 1.29 is 17.0 Å². The molecular formula is C14H19BrS. The first kappa shape index (κ1) is 13.9. The van der Waals surface area contributed by atoms with E-state index >= 15 is 0 Å². The Labute approximate surface area is 112 Å². The van der Waals surface area contributed by atoms with Crippen molar-refractivity contribution in [3.05, 3.63) is 41.5 Å². The molecule has 0 aliphatic carbocycles. The molecular weight excluding hydrogens is 280 g/mol. The molecule has 16 heavy (non-hydrogen) atoms. The average molecular weight is 299 g/mol. The summed E-state index contributed by atoms with van der Waals surface area (Å²) in [5.74, 6) is 4.27. The summed E-state index contributed by atoms with van der Waals surface area (Å²) in [4.78, 5) is 0. The van der Waals surface area contributed by atoms with Gasteiger partial charge in [-0.15, -0.1) is 0 Å². The number of rotatable bonds is 3. The van der Waals surface area contributed by atoms with Crippen LogP contribution >= 0.6 is 0 Å². The maximum atomic E-state index is 2.34. The maximum absolute atomic E-state index is 2.34. The van der Waals surface area contributed by atoms with Gasteiger partial charge in [-0.2, -0.15) is 0 Å². The van der Waals surface area contributed by atoms with E-state index in [0.717, 1.165) is 0 Å². The average Bonchev–Trinajstić information content (AvgIpc) is 2.71. The lowest BCUT2D eigenvalue weighted by atomic mass is 10.1. The molecule has 0 atom stereocenters. The molecule has 2 heteroatoms. The van der Waals surface area contributed by atoms with Crippen LogP contribution in [0.3, 0.4) is 0 Å². The number of benzene rings is 1. The molecule has 1 fully saturated rings. The van der Waals surface area contributed by atoms with Gasteiger partial charge in [-0.1, -0.05) is 36.4 Å². The van der Waals surface area contributed by atoms with Gasteiger partial charge in [0.2, 0.25) is 0 Å². The fourth-order valence-corrected chi connectivity index (χ4v) is 4.50. The quantitative estimate of drug-likeness (QED) is 0.713. The molecule has 0 N–H and O–H groups in total. The monoisotopic (exact) mass is 298 g/mol. The van der Waals surface area contributed by atoms with Gasteiger partial charge in [-0.25, -0.2) is 0 Å². The summed E-state index contributed by atoms with van der Waals surface area (Å²) in [6.07, 6.45) is 5.26. The highest BCUT2D eigenvalue weighted by Crippen LogP contribution is 2.17. The van der Waals surface area contributed by atoms with Gasteiger partial charge in [0.1, 0.15) is 17.3 Å². The first-order chi connectivity index (χ1) is 7.34. The van der Waals surface area contributed by atoms with Crippen molar-refractivity contribution in [2.45, 2.75) is 19.8 Å². The molecule has 1 aromatic carbocycles. The maximum Gasteiger partial charge on any atom is 0.129 e. The summed E-state index contributed by atoms with van der Waals surface area (Å²) in [6, 6.07) is 10.7. The van der Waals surface area contributed by atoms with Crippen LogP contribution in [0.25, 0.3) is 6.08 Å². The lowest BCUT2D eigenvalue weighted by molar-refractivity contribution is -0.00000311. The number of halogens is 1. The van der Waals surface area contributed by atoms with Crippen LogP contribution in [0, 0.1) is 0 Å². The predicted octanol–water partition coefficient (Wildman–Crippen LogP) is 0.506. The normalized spacial score (nSPS) is 17.2. The first-order valence-electron chi connectivity index (χ1n) is 5.71. The highest BCUT2D eigenvalue weighted by Gasteiger charge is 2.23. The predicted molar refractivity (Wildman–Crippen MR) is 71.3 cm³/mol. The molecule has 0 amide bonds. The third kappa shape index (κ3) is 4.34. The van der Waals surface area contributed by atoms with Gasteiger partial charge in [0, 0.05) is 0 Å². The van der Waals surface area contributed by atoms with Crippen LogP contribution in [0.1, 0.15) is 25.3 Å². The number of hydrogen-bond acceptors (Lipinski definition) is 0. The van der Waals surface area contributed by atoms with Gasteiger partial charge in [-0.05, 0) is 41.8 Å². The van der Waals surface area contributed by atoms with Crippen LogP contribution < -0.4 is 17.0 Å². The molecule has 1 heterocycles. The zero-order chi connectivity index (χ0) is 10.5. The molecule has 0 radical (unpaired) electrons. The molecule has 1 aliphatic heterocycles. The highest BCUT2D eigenvalue weighted by molar-refractivity contribution is 7.97. The standard InChI is InChI=1S/C14H19S.BrH/c1-13(12-15-9-5-6-10-15)11-14-7-3-2-4-8-14;/h2-4,7-8,11H,5-6,9-10,12H2,1H3;1H/q+1;/p-1/b13-11+;. The SMILES string of the molecule is C/C(=C\c1ccccc1)C[S+]1CCCC1.[Br-]. The summed E-state index contributed by atoms with van der Waals surface area (Å²) in [6.45, 7) is 2.28. The summed E-state index contributed by atoms with van der Waals surface area (Å²) >= 11 is 0. The van der Waals surface area contributed by atoms with Crippen molar-refractivity contribution in [2.24, 2.45) is 0 Å². The van der Waals surface area contributed by atoms with E-state index in [2.05, 4.69) is 43.3 Å². The fraction of sp³-hybridized carbons (Fsp3) is 0.429. The van der Waals surface area contributed by atoms with E-state index in [-0.39, 0.29) is 17.0 Å². The third-order valence-corrected chi connectivity index (χ3v) is 5.36. The van der Waals surface area contributed by atoms with Gasteiger partial charge >= 0.3 is 0 Å². The van der Waals surface area contributed by atoms with E-state index in [1.807, 2.05) is 0 Å². The van der Waals surface area contributed by atoms with Crippen molar-refractivity contribution in [3.8, 4) is 0 Å². The molecule has 0 bridgehead atoms. The van der Waals surface area contributed by atoms with Crippen molar-refractivity contribution in [3.63, 3.8) is 0 Å². The minimum absolute atomic E-state index is 0. The van der Waals surface area contributed by atoms with Gasteiger partial charge in [0.15, 0.2) is 0 Å². The van der Waals surface area contributed by atoms with Gasteiger partial charge in [-0.3, -0.25) is 0 Å². The topological polar surface area (TPSA) is 0 Å². The first-order valence-corrected chi connectivity index (χ1v) is 7.44. The minimum atomic E-state index is 0. The zero-order valence-corrected chi connectivity index (χ0v) is 12.2. The largest absolute Gasteiger partial charge is 1.00 e. The Bertz CT molecular complexity index is 326. The van der Waals surface area contributed by atoms with E-state index in [9.17, 15) is 0 Å². The van der Waals surface area contributed by atoms with Gasteiger partial charge in [0.25, 0.3) is 0 Å². The van der Waals surface area contributed by atoms with Crippen LogP contribution in [0.4, 0.5) is 0 Å². The van der Waals surface area contributed by atoms with E-state index in [1.165, 1.54) is 35.7 Å². The lowest BCUT2D eigenvalue weighted by Gasteiger charge is -2.01. The van der Waals surface area contributed by atoms with Crippen LogP contribution in [-0.2, 0) is 10.9 Å². The summed E-state index contributed by atoms with van der Waals surface area (Å²) in [7, 11) is 0.701. The second-order valence-corrected chi connectivity index (χ2v) is 6.60. The van der Waals surface area contributed by atoms with Crippen LogP contribution in [0.15, 0.2) is 35.9 Å². The molecule has 0 unspecified atom stereocenters. The van der Waals surface area contributed by atoms with Gasteiger partial charge < -0.3 is 17.0 Å². The molecule has 88 valence electrons. The Morgan fingerprint density at radius 1 is 1.19 bits per heavy atom. The van der Waals surface area contributed by atoms with Crippen LogP contribution in [0.5, 0.6) is 0 Å². The van der Waals surface area contributed by atoms with E-state index < -0.39 is 0 Å². The third-order valence-electron chi connectivity index (χ3n) is 2.76. The second kappa shape index (κ2) is 7.18. The molecule has 1 aromatic rings. The summed E-state index contributed by atoms with van der Waals surface area (Å²) < 4.78 is 0. The molecule has 0 spiro atoms. The highest BCUT2D eigenvalue weighted by atomic mass is 79.9. The molecule has 1 aliphatic rings. The molecule has 0 nitrogen and oxygen atoms in total. The Hall–Kier alpha value is -0.210. The van der Waals surface area contributed by atoms with E-state index in [4.69, 9.17) is 0 Å². The summed E-state index contributed by atoms with van der Waals surface area (Å²) in [5, 5.41) is 0. The molecule has 2 rings (SSSR count). The van der Waals surface area contributed by atoms with Gasteiger partial charge in [0.05, 0.1) is 0 Å². The van der Waals surface area contributed by atoms with Crippen LogP contribution in [0.2, 0.25) is 0 Å². The molecule has 1 saturated heterocycles. The Kier molecular flexibility index (Phi) is 6.22. The van der Waals surface area contributed by atoms with Crippen molar-refractivity contribution in [1.82, 2.24) is 0 Å². The minimum Gasteiger partial charge on any atom is -1.00 e. The van der Waals surface area contributed by atoms with E-state index in [0.29, 0.717) is 10.9 Å². The smallest absolute Gasteiger partial charge is 0.129 e. The molecule has 0 saturated carbocycles. The van der Waals surface area contributed by atoms with Crippen molar-refractivity contribution in [1.29, 1.82) is 0 Å². The second-order valence-electron chi connectivity index (χ2n) is 4.27. The Morgan fingerprint density at radius 2 is 1.81 bits per heavy atom. The van der Waals surface area contributed by atoms with Crippen molar-refractivity contribution >= 4 is 17.0 Å². The van der Waals surface area contributed by atoms with Crippen LogP contribution in [-0.4, -0.2) is 17.3 Å². The lowest BCUT2D eigenvalue weighted by Crippen LogP contribution is -3.00. The summed E-state index contributed by atoms with van der Waals surface area (Å²) in [5.41, 5.74) is 2.89. The van der Waals surface area contributed by atoms with Crippen molar-refractivity contribution in [2.75, 3.05) is 17.3 Å². The van der Waals surface area contributed by atoms with E-state index in [1.54, 1.807) is 5.57 Å². The fourth-order valence-electron chi connectivity index (χ4n) is 2.06. The number of hydrogen-bond donors (Lipinski definition) is 0.